The van der Waals surface area contributed by atoms with Crippen LogP contribution in [0.4, 0.5) is 10.5 Å². The quantitative estimate of drug-likeness (QED) is 0.0877. The van der Waals surface area contributed by atoms with Gasteiger partial charge in [0.2, 0.25) is 17.7 Å². The molecule has 6 N–H and O–H groups in total. The molecule has 0 spiro atoms. The summed E-state index contributed by atoms with van der Waals surface area (Å²) in [5, 5.41) is 25.1. The average Bonchev–Trinajstić information content (AvgIpc) is 3.44. The first-order valence-electron chi connectivity index (χ1n) is 19.4. The van der Waals surface area contributed by atoms with E-state index in [1.54, 1.807) is 69.3 Å². The predicted molar refractivity (Wildman–Crippen MR) is 220 cm³/mol. The Hall–Kier alpha value is -6.21. The van der Waals surface area contributed by atoms with Crippen LogP contribution in [0.3, 0.4) is 0 Å². The second kappa shape index (κ2) is 18.8. The Morgan fingerprint density at radius 2 is 1.36 bits per heavy atom. The zero-order valence-electron chi connectivity index (χ0n) is 33.8. The highest BCUT2D eigenvalue weighted by Crippen LogP contribution is 2.39. The minimum Gasteiger partial charge on any atom is -0.489 e. The fourth-order valence-corrected chi connectivity index (χ4v) is 6.37. The molecule has 0 aliphatic carbocycles. The van der Waals surface area contributed by atoms with E-state index in [0.29, 0.717) is 29.5 Å². The number of fused-ring (bicyclic) bond motifs is 1. The number of anilines is 1. The van der Waals surface area contributed by atoms with E-state index >= 15 is 0 Å². The van der Waals surface area contributed by atoms with Crippen LogP contribution in [0.15, 0.2) is 103 Å². The molecular formula is C45H53N5O8. The van der Waals surface area contributed by atoms with Gasteiger partial charge in [0, 0.05) is 30.6 Å². The van der Waals surface area contributed by atoms with Crippen molar-refractivity contribution in [3.63, 3.8) is 0 Å². The van der Waals surface area contributed by atoms with Crippen LogP contribution in [0.25, 0.3) is 0 Å². The van der Waals surface area contributed by atoms with Crippen LogP contribution in [0.2, 0.25) is 0 Å². The second-order valence-corrected chi connectivity index (χ2v) is 15.8. The van der Waals surface area contributed by atoms with Crippen molar-refractivity contribution in [2.75, 3.05) is 5.32 Å². The third kappa shape index (κ3) is 11.7. The molecule has 1 heterocycles. The highest BCUT2D eigenvalue weighted by Gasteiger charge is 2.48. The molecule has 5 amide bonds. The van der Waals surface area contributed by atoms with Crippen LogP contribution in [0.5, 0.6) is 5.75 Å². The van der Waals surface area contributed by atoms with Gasteiger partial charge in [-0.3, -0.25) is 19.2 Å². The topological polar surface area (TPSA) is 184 Å². The number of ether oxygens (including phenoxy) is 2. The number of para-hydroxylation sites is 1. The number of hydrogen-bond acceptors (Lipinski definition) is 8. The number of aliphatic hydroxyl groups is 1. The van der Waals surface area contributed by atoms with Crippen molar-refractivity contribution >= 4 is 35.4 Å². The van der Waals surface area contributed by atoms with E-state index in [1.165, 1.54) is 6.92 Å². The number of carbonyl (C=O) groups excluding carboxylic acids is 5. The minimum atomic E-state index is -2.14. The van der Waals surface area contributed by atoms with Gasteiger partial charge in [-0.2, -0.15) is 0 Å². The van der Waals surface area contributed by atoms with Crippen molar-refractivity contribution in [3.05, 3.63) is 131 Å². The number of hydrogen-bond donors (Lipinski definition) is 6. The van der Waals surface area contributed by atoms with Gasteiger partial charge in [0.25, 0.3) is 5.91 Å². The molecule has 4 aromatic carbocycles. The molecule has 58 heavy (non-hydrogen) atoms. The van der Waals surface area contributed by atoms with Crippen molar-refractivity contribution in [3.8, 4) is 5.75 Å². The molecule has 4 atom stereocenters. The fourth-order valence-electron chi connectivity index (χ4n) is 6.37. The standard InChI is InChI=1S/C45H53N5O8/c1-28(2)33-20-16-31(17-21-33)26-46-40(52)38(25-45(56)35-14-10-11-15-36(35)49-42(45)54)48-39(51)29(3)47-41(53)37(50-43(55)58-44(4,5)6)24-30-18-22-34(23-19-30)57-27-32-12-8-7-9-13-32/h7-23,28-29,37-38,56H,24-27H2,1-6H3,(H,46,52)(H,47,53)(H,48,51)(H,49,54)(H,50,55)/t29-,37-,38-,45+/m0/s1. The summed E-state index contributed by atoms with van der Waals surface area (Å²) in [4.78, 5) is 67.3. The summed E-state index contributed by atoms with van der Waals surface area (Å²) in [5.74, 6) is -1.89. The number of carbonyl (C=O) groups is 5. The molecule has 5 rings (SSSR count). The summed E-state index contributed by atoms with van der Waals surface area (Å²) in [6, 6.07) is 27.3. The van der Waals surface area contributed by atoms with Gasteiger partial charge in [-0.05, 0) is 74.1 Å². The highest BCUT2D eigenvalue weighted by molar-refractivity contribution is 6.05. The molecule has 306 valence electrons. The van der Waals surface area contributed by atoms with E-state index in [9.17, 15) is 29.1 Å². The van der Waals surface area contributed by atoms with Crippen molar-refractivity contribution in [2.24, 2.45) is 0 Å². The maximum Gasteiger partial charge on any atom is 0.408 e. The average molecular weight is 792 g/mol. The number of amides is 5. The van der Waals surface area contributed by atoms with E-state index in [1.807, 2.05) is 54.6 Å². The third-order valence-corrected chi connectivity index (χ3v) is 9.61. The number of alkyl carbamates (subject to hydrolysis) is 1. The Balaban J connectivity index is 1.29. The van der Waals surface area contributed by atoms with E-state index < -0.39 is 65.5 Å². The third-order valence-electron chi connectivity index (χ3n) is 9.61. The normalized spacial score (nSPS) is 16.2. The summed E-state index contributed by atoms with van der Waals surface area (Å²) in [5.41, 5.74) is 1.32. The molecule has 4 aromatic rings. The second-order valence-electron chi connectivity index (χ2n) is 15.8. The van der Waals surface area contributed by atoms with Gasteiger partial charge in [-0.1, -0.05) is 98.8 Å². The molecule has 0 saturated heterocycles. The van der Waals surface area contributed by atoms with Crippen LogP contribution in [0.1, 0.15) is 81.7 Å². The SMILES string of the molecule is CC(C)c1ccc(CNC(=O)[C@H](C[C@]2(O)C(=O)Nc3ccccc32)NC(=O)[C@H](C)NC(=O)[C@H](Cc2ccc(OCc3ccccc3)cc2)NC(=O)OC(C)(C)C)cc1. The Kier molecular flexibility index (Phi) is 13.9. The number of nitrogens with one attached hydrogen (secondary N) is 5. The first-order valence-corrected chi connectivity index (χ1v) is 19.4. The van der Waals surface area contributed by atoms with E-state index in [0.717, 1.165) is 16.7 Å². The summed E-state index contributed by atoms with van der Waals surface area (Å²) >= 11 is 0. The molecule has 0 aromatic heterocycles. The monoisotopic (exact) mass is 791 g/mol. The van der Waals surface area contributed by atoms with Crippen LogP contribution in [-0.4, -0.2) is 58.6 Å². The maximum atomic E-state index is 13.8. The van der Waals surface area contributed by atoms with Gasteiger partial charge in [0.05, 0.1) is 0 Å². The first kappa shape index (κ1) is 42.9. The summed E-state index contributed by atoms with van der Waals surface area (Å²) in [6.45, 7) is 11.2. The Labute approximate surface area is 339 Å². The molecule has 0 saturated carbocycles. The van der Waals surface area contributed by atoms with E-state index in [-0.39, 0.29) is 18.5 Å². The van der Waals surface area contributed by atoms with E-state index in [2.05, 4.69) is 40.4 Å². The lowest BCUT2D eigenvalue weighted by Crippen LogP contribution is -2.57. The lowest BCUT2D eigenvalue weighted by Gasteiger charge is -2.28. The molecule has 13 nitrogen and oxygen atoms in total. The zero-order valence-corrected chi connectivity index (χ0v) is 33.8. The molecule has 0 fully saturated rings. The maximum absolute atomic E-state index is 13.8. The number of benzene rings is 4. The molecular weight excluding hydrogens is 739 g/mol. The fraction of sp³-hybridized carbons (Fsp3) is 0.356. The molecule has 1 aliphatic rings. The van der Waals surface area contributed by atoms with Gasteiger partial charge >= 0.3 is 6.09 Å². The van der Waals surface area contributed by atoms with Gasteiger partial charge in [0.1, 0.15) is 36.1 Å². The smallest absolute Gasteiger partial charge is 0.408 e. The Bertz CT molecular complexity index is 2070. The summed E-state index contributed by atoms with van der Waals surface area (Å²) < 4.78 is 11.3. The van der Waals surface area contributed by atoms with Crippen molar-refractivity contribution < 1.29 is 38.6 Å². The highest BCUT2D eigenvalue weighted by atomic mass is 16.6. The first-order chi connectivity index (χ1) is 27.5. The van der Waals surface area contributed by atoms with Crippen molar-refractivity contribution in [2.45, 2.75) is 103 Å². The van der Waals surface area contributed by atoms with Crippen molar-refractivity contribution in [1.29, 1.82) is 0 Å². The molecule has 0 unspecified atom stereocenters. The Morgan fingerprint density at radius 3 is 2.02 bits per heavy atom. The largest absolute Gasteiger partial charge is 0.489 e. The van der Waals surface area contributed by atoms with E-state index in [4.69, 9.17) is 9.47 Å². The summed E-state index contributed by atoms with van der Waals surface area (Å²) in [6.07, 6.45) is -1.27. The Morgan fingerprint density at radius 1 is 0.724 bits per heavy atom. The van der Waals surface area contributed by atoms with Crippen LogP contribution < -0.4 is 31.3 Å². The van der Waals surface area contributed by atoms with Gasteiger partial charge in [0.15, 0.2) is 5.60 Å². The lowest BCUT2D eigenvalue weighted by atomic mass is 9.88. The molecule has 1 aliphatic heterocycles. The van der Waals surface area contributed by atoms with Crippen LogP contribution >= 0.6 is 0 Å². The van der Waals surface area contributed by atoms with Crippen LogP contribution in [-0.2, 0) is 49.1 Å². The molecule has 0 radical (unpaired) electrons. The molecule has 13 heteroatoms. The number of rotatable bonds is 16. The predicted octanol–water partition coefficient (Wildman–Crippen LogP) is 5.36. The zero-order chi connectivity index (χ0) is 42.0. The van der Waals surface area contributed by atoms with Gasteiger partial charge in [-0.25, -0.2) is 4.79 Å². The van der Waals surface area contributed by atoms with Gasteiger partial charge in [-0.15, -0.1) is 0 Å². The summed E-state index contributed by atoms with van der Waals surface area (Å²) in [7, 11) is 0. The van der Waals surface area contributed by atoms with Gasteiger partial charge < -0.3 is 41.2 Å². The van der Waals surface area contributed by atoms with Crippen molar-refractivity contribution in [1.82, 2.24) is 21.3 Å². The minimum absolute atomic E-state index is 0.0448. The lowest BCUT2D eigenvalue weighted by molar-refractivity contribution is -0.139. The molecule has 0 bridgehead atoms. The van der Waals surface area contributed by atoms with Crippen LogP contribution in [0, 0.1) is 0 Å².